The third-order valence-corrected chi connectivity index (χ3v) is 10.4. The Morgan fingerprint density at radius 3 is 1.35 bits per heavy atom. The first-order chi connectivity index (χ1) is 28.7. The van der Waals surface area contributed by atoms with Crippen molar-refractivity contribution in [1.82, 2.24) is 16.0 Å². The Labute approximate surface area is 393 Å². The first-order valence-corrected chi connectivity index (χ1v) is 22.4. The van der Waals surface area contributed by atoms with E-state index in [4.69, 9.17) is 39.3 Å². The van der Waals surface area contributed by atoms with Crippen molar-refractivity contribution in [2.75, 3.05) is 40.9 Å². The molecule has 0 aliphatic carbocycles. The maximum absolute atomic E-state index is 12.5. The van der Waals surface area contributed by atoms with Crippen molar-refractivity contribution < 1.29 is 52.7 Å². The molecule has 0 saturated carbocycles. The number of rotatable bonds is 19. The quantitative estimate of drug-likeness (QED) is 0.0659. The molecule has 0 aromatic heterocycles. The van der Waals surface area contributed by atoms with Crippen LogP contribution < -0.4 is 31.2 Å². The zero-order valence-electron chi connectivity index (χ0n) is 40.5. The van der Waals surface area contributed by atoms with Gasteiger partial charge >= 0.3 is 18.2 Å². The number of nitrogens with two attached hydrogens (primary N) is 1. The highest BCUT2D eigenvalue weighted by Crippen LogP contribution is 2.36. The maximum atomic E-state index is 12.5. The Hall–Kier alpha value is -3.64. The van der Waals surface area contributed by atoms with E-state index in [0.717, 1.165) is 58.2 Å². The lowest BCUT2D eigenvalue weighted by Gasteiger charge is -2.28. The van der Waals surface area contributed by atoms with Gasteiger partial charge in [-0.15, -0.1) is 0 Å². The molecule has 0 bridgehead atoms. The largest absolute Gasteiger partial charge is 0.480 e. The van der Waals surface area contributed by atoms with Crippen LogP contribution in [0.15, 0.2) is 45.3 Å². The van der Waals surface area contributed by atoms with Gasteiger partial charge in [-0.1, -0.05) is 39.8 Å². The molecule has 0 unspecified atom stereocenters. The molecule has 2 aromatic carbocycles. The van der Waals surface area contributed by atoms with Gasteiger partial charge in [0.05, 0.1) is 8.95 Å². The predicted molar refractivity (Wildman–Crippen MR) is 254 cm³/mol. The Kier molecular flexibility index (Phi) is 24.8. The van der Waals surface area contributed by atoms with E-state index in [2.05, 4.69) is 93.7 Å². The molecule has 17 heteroatoms. The summed E-state index contributed by atoms with van der Waals surface area (Å²) in [5, 5.41) is 16.5. The van der Waals surface area contributed by atoms with Crippen LogP contribution in [0.2, 0.25) is 0 Å². The number of ether oxygens (including phenoxy) is 6. The van der Waals surface area contributed by atoms with Crippen LogP contribution in [-0.4, -0.2) is 92.3 Å². The second-order valence-corrected chi connectivity index (χ2v) is 20.9. The number of benzene rings is 2. The molecule has 0 aliphatic rings. The van der Waals surface area contributed by atoms with E-state index in [1.54, 1.807) is 69.6 Å². The summed E-state index contributed by atoms with van der Waals surface area (Å²) < 4.78 is 33.0. The van der Waals surface area contributed by atoms with Crippen LogP contribution in [-0.2, 0) is 39.4 Å². The third-order valence-electron chi connectivity index (χ3n) is 9.09. The van der Waals surface area contributed by atoms with Crippen LogP contribution in [0.4, 0.5) is 9.59 Å². The van der Waals surface area contributed by atoms with Gasteiger partial charge in [-0.25, -0.2) is 14.4 Å². The molecular formula is C46H76Br2N4O11. The molecule has 15 nitrogen and oxygen atoms in total. The van der Waals surface area contributed by atoms with Crippen molar-refractivity contribution in [3.8, 4) is 11.5 Å². The van der Waals surface area contributed by atoms with Crippen LogP contribution in [0, 0.1) is 0 Å². The number of hydrogen-bond acceptors (Lipinski definition) is 11. The molecule has 3 amide bonds. The molecule has 0 atom stereocenters. The van der Waals surface area contributed by atoms with Gasteiger partial charge in [0, 0.05) is 20.8 Å². The number of carboxylic acid groups (broad SMARTS) is 1. The molecule has 0 fully saturated rings. The Bertz CT molecular complexity index is 1750. The van der Waals surface area contributed by atoms with Gasteiger partial charge in [-0.3, -0.25) is 4.79 Å². The zero-order chi connectivity index (χ0) is 49.0. The smallest absolute Gasteiger partial charge is 0.408 e. The number of carboxylic acids is 1. The van der Waals surface area contributed by atoms with Crippen molar-refractivity contribution >= 4 is 55.9 Å². The number of amides is 3. The second kappa shape index (κ2) is 26.4. The second-order valence-electron chi connectivity index (χ2n) is 19.2. The minimum absolute atomic E-state index is 0.102. The van der Waals surface area contributed by atoms with Crippen molar-refractivity contribution in [2.24, 2.45) is 5.73 Å². The molecular weight excluding hydrogens is 944 g/mol. The van der Waals surface area contributed by atoms with Crippen LogP contribution in [0.5, 0.6) is 11.5 Å². The summed E-state index contributed by atoms with van der Waals surface area (Å²) in [4.78, 5) is 46.3. The van der Waals surface area contributed by atoms with Gasteiger partial charge in [-0.2, -0.15) is 0 Å². The number of alkyl carbamates (subject to hydrolysis) is 2. The maximum Gasteiger partial charge on any atom is 0.408 e. The summed E-state index contributed by atoms with van der Waals surface area (Å²) >= 11 is 6.97. The summed E-state index contributed by atoms with van der Waals surface area (Å²) in [6.45, 7) is 27.0. The van der Waals surface area contributed by atoms with E-state index in [9.17, 15) is 19.2 Å². The molecule has 2 aromatic rings. The molecule has 0 heterocycles. The number of methoxy groups -OCH3 is 2. The fraction of sp³-hybridized carbons (Fsp3) is 0.652. The zero-order valence-corrected chi connectivity index (χ0v) is 43.7. The highest BCUT2D eigenvalue weighted by atomic mass is 79.9. The van der Waals surface area contributed by atoms with E-state index in [1.165, 1.54) is 19.4 Å². The fourth-order valence-corrected chi connectivity index (χ4v) is 6.05. The highest BCUT2D eigenvalue weighted by molar-refractivity contribution is 9.10. The molecule has 360 valence electrons. The first kappa shape index (κ1) is 59.4. The average Bonchev–Trinajstić information content (AvgIpc) is 3.13. The Morgan fingerprint density at radius 1 is 0.619 bits per heavy atom. The third kappa shape index (κ3) is 24.3. The number of nitrogens with one attached hydrogen (secondary N) is 3. The molecule has 0 aliphatic heterocycles. The highest BCUT2D eigenvalue weighted by Gasteiger charge is 2.33. The van der Waals surface area contributed by atoms with Crippen LogP contribution in [0.25, 0.3) is 0 Å². The van der Waals surface area contributed by atoms with E-state index in [0.29, 0.717) is 6.54 Å². The van der Waals surface area contributed by atoms with E-state index in [1.807, 2.05) is 18.2 Å². The number of hydrogen-bond donors (Lipinski definition) is 5. The monoisotopic (exact) mass is 1020 g/mol. The first-order valence-electron chi connectivity index (χ1n) is 20.8. The summed E-state index contributed by atoms with van der Waals surface area (Å²) in [5.74, 6) is 0.185. The minimum Gasteiger partial charge on any atom is -0.480 e. The Balaban J connectivity index is 0.00000101. The van der Waals surface area contributed by atoms with Gasteiger partial charge in [-0.05, 0) is 180 Å². The molecule has 63 heavy (non-hydrogen) atoms. The normalized spacial score (nSPS) is 12.0. The standard InChI is InChI=1S/C23H37BrN2O5.C14H22BrNO2.C9H17NO4/c1-21(2,3)31-20(28)26-23(6,7)19(27)25-13-9-12-22(4,5)16-10-11-17(24)18(14-16)30-15-29-8;1-14(2,7-4-8-16)11-5-6-12(15)13(9-11)18-10-17-3;1-8(2,3)14-7(13)10-9(4,5)6(11)12/h10-11,14H,9,12-13,15H2,1-8H3,(H,25,27)(H,26,28);5-6,9H,4,7-8,10,16H2,1-3H3;1-5H3,(H,10,13)(H,11,12). The van der Waals surface area contributed by atoms with Crippen molar-refractivity contribution in [3.05, 3.63) is 56.5 Å². The molecule has 0 radical (unpaired) electrons. The van der Waals surface area contributed by atoms with Crippen molar-refractivity contribution in [2.45, 2.75) is 156 Å². The van der Waals surface area contributed by atoms with Gasteiger partial charge in [0.1, 0.15) is 33.8 Å². The molecule has 2 rings (SSSR count). The minimum atomic E-state index is -1.32. The van der Waals surface area contributed by atoms with Crippen LogP contribution >= 0.6 is 31.9 Å². The number of halogens is 2. The SMILES string of the molecule is CC(C)(C)OC(=O)NC(C)(C)C(=O)O.COCOc1cc(C(C)(C)CCCN)ccc1Br.COCOc1cc(C(C)(C)CCCNC(=O)C(C)(C)NC(=O)OC(C)(C)C)ccc1Br. The number of aliphatic carboxylic acids is 1. The van der Waals surface area contributed by atoms with Crippen LogP contribution in [0.3, 0.4) is 0 Å². The fourth-order valence-electron chi connectivity index (χ4n) is 5.33. The lowest BCUT2D eigenvalue weighted by molar-refractivity contribution is -0.143. The summed E-state index contributed by atoms with van der Waals surface area (Å²) in [7, 11) is 3.20. The molecule has 0 spiro atoms. The van der Waals surface area contributed by atoms with Gasteiger partial charge in [0.25, 0.3) is 0 Å². The Morgan fingerprint density at radius 2 is 1.00 bits per heavy atom. The van der Waals surface area contributed by atoms with E-state index >= 15 is 0 Å². The van der Waals surface area contributed by atoms with Crippen molar-refractivity contribution in [1.29, 1.82) is 0 Å². The van der Waals surface area contributed by atoms with Crippen LogP contribution in [0.1, 0.15) is 134 Å². The van der Waals surface area contributed by atoms with Gasteiger partial charge in [0.2, 0.25) is 5.91 Å². The average molecular weight is 1020 g/mol. The topological polar surface area (TPSA) is 206 Å². The van der Waals surface area contributed by atoms with E-state index < -0.39 is 40.4 Å². The number of carbonyl (C=O) groups is 4. The predicted octanol–water partition coefficient (Wildman–Crippen LogP) is 9.73. The lowest BCUT2D eigenvalue weighted by atomic mass is 9.80. The molecule has 6 N–H and O–H groups in total. The van der Waals surface area contributed by atoms with E-state index in [-0.39, 0.29) is 30.3 Å². The van der Waals surface area contributed by atoms with Gasteiger partial charge in [0.15, 0.2) is 13.6 Å². The number of carbonyl (C=O) groups excluding carboxylic acids is 3. The molecule has 0 saturated heterocycles. The van der Waals surface area contributed by atoms with Crippen molar-refractivity contribution in [3.63, 3.8) is 0 Å². The summed E-state index contributed by atoms with van der Waals surface area (Å²) in [5.41, 5.74) is 4.33. The summed E-state index contributed by atoms with van der Waals surface area (Å²) in [6.07, 6.45) is 2.39. The summed E-state index contributed by atoms with van der Waals surface area (Å²) in [6, 6.07) is 12.3. The van der Waals surface area contributed by atoms with Gasteiger partial charge < -0.3 is 55.2 Å². The lowest BCUT2D eigenvalue weighted by Crippen LogP contribution is -2.55.